The Morgan fingerprint density at radius 3 is 2.63 bits per heavy atom. The lowest BCUT2D eigenvalue weighted by Gasteiger charge is -2.30. The topological polar surface area (TPSA) is 0 Å². The molecular weight excluding hydrogens is 360 g/mol. The lowest BCUT2D eigenvalue weighted by Crippen LogP contribution is -2.17. The van der Waals surface area contributed by atoms with Crippen LogP contribution >= 0.6 is 0 Å². The normalized spacial score (nSPS) is 17.1. The van der Waals surface area contributed by atoms with Gasteiger partial charge in [0.2, 0.25) is 0 Å². The van der Waals surface area contributed by atoms with Gasteiger partial charge >= 0.3 is 0 Å². The Morgan fingerprint density at radius 1 is 0.967 bits per heavy atom. The molecule has 0 saturated heterocycles. The minimum atomic E-state index is 0.160. The maximum Gasteiger partial charge on any atom is -0.00688 e. The van der Waals surface area contributed by atoms with Gasteiger partial charge in [0.05, 0.1) is 0 Å². The number of aryl methyl sites for hydroxylation is 1. The molecule has 0 aliphatic heterocycles. The van der Waals surface area contributed by atoms with E-state index in [4.69, 9.17) is 0 Å². The first-order chi connectivity index (χ1) is 14.5. The summed E-state index contributed by atoms with van der Waals surface area (Å²) in [6, 6.07) is 7.30. The van der Waals surface area contributed by atoms with Crippen LogP contribution in [0.4, 0.5) is 0 Å². The lowest BCUT2D eigenvalue weighted by atomic mass is 9.75. The van der Waals surface area contributed by atoms with Crippen LogP contribution in [0, 0.1) is 0 Å². The molecule has 0 bridgehead atoms. The Hall–Kier alpha value is -2.08. The lowest BCUT2D eigenvalue weighted by molar-refractivity contribution is 0.533. The second-order valence-electron chi connectivity index (χ2n) is 9.49. The highest BCUT2D eigenvalue weighted by molar-refractivity contribution is 5.77. The molecule has 0 heteroatoms. The summed E-state index contributed by atoms with van der Waals surface area (Å²) in [5.74, 6) is 0. The van der Waals surface area contributed by atoms with Crippen molar-refractivity contribution >= 4 is 5.57 Å². The smallest absolute Gasteiger partial charge is 0.00688 e. The van der Waals surface area contributed by atoms with Gasteiger partial charge in [0.25, 0.3) is 0 Å². The molecule has 0 N–H and O–H groups in total. The van der Waals surface area contributed by atoms with E-state index in [9.17, 15) is 0 Å². The van der Waals surface area contributed by atoms with E-state index in [2.05, 4.69) is 88.4 Å². The van der Waals surface area contributed by atoms with Gasteiger partial charge in [0.1, 0.15) is 0 Å². The van der Waals surface area contributed by atoms with Crippen LogP contribution < -0.4 is 0 Å². The number of rotatable bonds is 9. The van der Waals surface area contributed by atoms with Gasteiger partial charge in [-0.1, -0.05) is 87.1 Å². The van der Waals surface area contributed by atoms with Crippen LogP contribution in [0.2, 0.25) is 0 Å². The molecule has 30 heavy (non-hydrogen) atoms. The zero-order chi connectivity index (χ0) is 21.4. The van der Waals surface area contributed by atoms with Gasteiger partial charge in [-0.2, -0.15) is 0 Å². The number of benzene rings is 1. The zero-order valence-electron chi connectivity index (χ0n) is 19.6. The summed E-state index contributed by atoms with van der Waals surface area (Å²) in [5, 5.41) is 0. The SMILES string of the molecule is C/C=C\C=C/CC(C)(C)c1ccc2c(c1)C1=C(C=C(CCC/C=C\CC)CC1)CC2. The third-order valence-electron chi connectivity index (χ3n) is 6.68. The molecule has 0 atom stereocenters. The Morgan fingerprint density at radius 2 is 1.83 bits per heavy atom. The van der Waals surface area contributed by atoms with Crippen LogP contribution in [-0.2, 0) is 11.8 Å². The average molecular weight is 401 g/mol. The predicted octanol–water partition coefficient (Wildman–Crippen LogP) is 9.04. The van der Waals surface area contributed by atoms with Gasteiger partial charge in [-0.15, -0.1) is 0 Å². The van der Waals surface area contributed by atoms with E-state index in [0.29, 0.717) is 0 Å². The molecule has 2 aliphatic rings. The second kappa shape index (κ2) is 10.8. The summed E-state index contributed by atoms with van der Waals surface area (Å²) in [5.41, 5.74) is 9.65. The highest BCUT2D eigenvalue weighted by Crippen LogP contribution is 2.42. The minimum Gasteiger partial charge on any atom is -0.0888 e. The maximum absolute atomic E-state index is 2.56. The van der Waals surface area contributed by atoms with Crippen molar-refractivity contribution < 1.29 is 0 Å². The van der Waals surface area contributed by atoms with E-state index in [-0.39, 0.29) is 5.41 Å². The third kappa shape index (κ3) is 5.75. The van der Waals surface area contributed by atoms with Crippen molar-refractivity contribution in [1.82, 2.24) is 0 Å². The number of hydrogen-bond donors (Lipinski definition) is 0. The van der Waals surface area contributed by atoms with E-state index in [1.165, 1.54) is 50.5 Å². The Labute approximate surface area is 185 Å². The first-order valence-electron chi connectivity index (χ1n) is 12.0. The van der Waals surface area contributed by atoms with Gasteiger partial charge in [-0.3, -0.25) is 0 Å². The van der Waals surface area contributed by atoms with Gasteiger partial charge in [0, 0.05) is 0 Å². The van der Waals surface area contributed by atoms with E-state index < -0.39 is 0 Å². The van der Waals surface area contributed by atoms with Crippen LogP contribution in [0.5, 0.6) is 0 Å². The van der Waals surface area contributed by atoms with Crippen molar-refractivity contribution in [3.63, 3.8) is 0 Å². The van der Waals surface area contributed by atoms with Crippen molar-refractivity contribution in [3.8, 4) is 0 Å². The quantitative estimate of drug-likeness (QED) is 0.220. The third-order valence-corrected chi connectivity index (χ3v) is 6.68. The molecule has 2 aliphatic carbocycles. The zero-order valence-corrected chi connectivity index (χ0v) is 19.6. The molecule has 0 heterocycles. The van der Waals surface area contributed by atoms with Crippen molar-refractivity contribution in [2.75, 3.05) is 0 Å². The summed E-state index contributed by atoms with van der Waals surface area (Å²) in [6.45, 7) is 9.03. The van der Waals surface area contributed by atoms with Crippen molar-refractivity contribution in [3.05, 3.63) is 88.6 Å². The number of allylic oxidation sites excluding steroid dienone is 10. The Kier molecular flexibility index (Phi) is 8.14. The first kappa shape index (κ1) is 22.6. The van der Waals surface area contributed by atoms with E-state index in [1.54, 1.807) is 27.8 Å². The number of fused-ring (bicyclic) bond motifs is 2. The Bertz CT molecular complexity index is 867. The number of hydrogen-bond acceptors (Lipinski definition) is 0. The molecule has 0 radical (unpaired) electrons. The molecule has 0 spiro atoms. The maximum atomic E-state index is 2.56. The summed E-state index contributed by atoms with van der Waals surface area (Å²) in [6.07, 6.45) is 26.8. The molecule has 0 unspecified atom stereocenters. The van der Waals surface area contributed by atoms with Gasteiger partial charge in [-0.05, 0) is 98.0 Å². The fraction of sp³-hybridized carbons (Fsp3) is 0.467. The fourth-order valence-electron chi connectivity index (χ4n) is 4.75. The molecule has 1 aromatic carbocycles. The van der Waals surface area contributed by atoms with Crippen LogP contribution in [0.1, 0.15) is 95.8 Å². The molecular formula is C30H40. The molecule has 0 amide bonds. The molecule has 0 aromatic heterocycles. The highest BCUT2D eigenvalue weighted by atomic mass is 14.3. The van der Waals surface area contributed by atoms with E-state index >= 15 is 0 Å². The molecule has 0 fully saturated rings. The van der Waals surface area contributed by atoms with Gasteiger partial charge in [0.15, 0.2) is 0 Å². The summed E-state index contributed by atoms with van der Waals surface area (Å²) >= 11 is 0. The molecule has 160 valence electrons. The van der Waals surface area contributed by atoms with Crippen LogP contribution in [0.3, 0.4) is 0 Å². The summed E-state index contributed by atoms with van der Waals surface area (Å²) < 4.78 is 0. The van der Waals surface area contributed by atoms with Crippen LogP contribution in [-0.4, -0.2) is 0 Å². The minimum absolute atomic E-state index is 0.160. The molecule has 0 saturated carbocycles. The monoisotopic (exact) mass is 400 g/mol. The summed E-state index contributed by atoms with van der Waals surface area (Å²) in [7, 11) is 0. The van der Waals surface area contributed by atoms with E-state index in [0.717, 1.165) is 12.8 Å². The second-order valence-corrected chi connectivity index (χ2v) is 9.49. The molecule has 1 aromatic rings. The first-order valence-corrected chi connectivity index (χ1v) is 12.0. The largest absolute Gasteiger partial charge is 0.0888 e. The van der Waals surface area contributed by atoms with Crippen LogP contribution in [0.15, 0.2) is 71.9 Å². The Balaban J connectivity index is 1.76. The van der Waals surface area contributed by atoms with Gasteiger partial charge < -0.3 is 0 Å². The predicted molar refractivity (Wildman–Crippen MR) is 134 cm³/mol. The highest BCUT2D eigenvalue weighted by Gasteiger charge is 2.25. The standard InChI is InChI=1S/C30H40/c1-5-7-9-11-12-14-24-15-20-28-26(22-24)17-16-25-18-19-27(23-29(25)28)30(3,4)21-13-10-8-6-2/h6-10,13,18-19,22-23H,5,11-12,14-17,20-21H2,1-4H3/b8-6-,9-7-,13-10-. The van der Waals surface area contributed by atoms with Crippen molar-refractivity contribution in [2.45, 2.75) is 90.9 Å². The summed E-state index contributed by atoms with van der Waals surface area (Å²) in [4.78, 5) is 0. The van der Waals surface area contributed by atoms with E-state index in [1.807, 2.05) is 0 Å². The van der Waals surface area contributed by atoms with Crippen LogP contribution in [0.25, 0.3) is 5.57 Å². The molecule has 0 nitrogen and oxygen atoms in total. The van der Waals surface area contributed by atoms with Gasteiger partial charge in [-0.25, -0.2) is 0 Å². The van der Waals surface area contributed by atoms with Crippen molar-refractivity contribution in [2.24, 2.45) is 0 Å². The fourth-order valence-corrected chi connectivity index (χ4v) is 4.75. The van der Waals surface area contributed by atoms with Crippen molar-refractivity contribution in [1.29, 1.82) is 0 Å². The molecule has 3 rings (SSSR count). The number of unbranched alkanes of at least 4 members (excludes halogenated alkanes) is 1. The average Bonchev–Trinajstić information content (AvgIpc) is 2.76.